The maximum atomic E-state index is 9.25. The van der Waals surface area contributed by atoms with E-state index in [0.717, 1.165) is 57.0 Å². The highest BCUT2D eigenvalue weighted by molar-refractivity contribution is 6.56. The second-order valence-electron chi connectivity index (χ2n) is 12.0. The van der Waals surface area contributed by atoms with Crippen LogP contribution in [0.15, 0.2) is 140 Å². The van der Waals surface area contributed by atoms with Crippen LogP contribution in [0.5, 0.6) is 0 Å². The van der Waals surface area contributed by atoms with Gasteiger partial charge in [-0.3, -0.25) is 0 Å². The van der Waals surface area contributed by atoms with E-state index in [9.17, 15) is 14.4 Å². The Kier molecular flexibility index (Phi) is 11.0. The summed E-state index contributed by atoms with van der Waals surface area (Å²) in [5, 5.41) is 0. The molecule has 0 aliphatic rings. The minimum Gasteiger partial charge on any atom is -0.392 e. The Hall–Kier alpha value is -4.57. The molecule has 9 nitrogen and oxygen atoms in total. The van der Waals surface area contributed by atoms with Crippen LogP contribution in [0.3, 0.4) is 0 Å². The third-order valence-corrected chi connectivity index (χ3v) is 10.0. The molecule has 0 spiro atoms. The van der Waals surface area contributed by atoms with Crippen LogP contribution >= 0.6 is 0 Å². The normalized spacial score (nSPS) is 11.7. The van der Waals surface area contributed by atoms with E-state index in [1.807, 2.05) is 47.6 Å². The van der Waals surface area contributed by atoms with E-state index in [-0.39, 0.29) is 6.04 Å². The van der Waals surface area contributed by atoms with Crippen LogP contribution in [0.1, 0.15) is 12.8 Å². The van der Waals surface area contributed by atoms with E-state index in [1.54, 1.807) is 0 Å². The third kappa shape index (κ3) is 9.12. The summed E-state index contributed by atoms with van der Waals surface area (Å²) < 4.78 is 11.3. The quantitative estimate of drug-likeness (QED) is 0.0666. The van der Waals surface area contributed by atoms with Crippen molar-refractivity contribution in [1.82, 2.24) is 4.57 Å². The number of para-hydroxylation sites is 1. The monoisotopic (exact) mass is 691 g/mol. The first-order valence-electron chi connectivity index (χ1n) is 16.4. The fourth-order valence-electron chi connectivity index (χ4n) is 5.94. The Morgan fingerprint density at radius 3 is 1.41 bits per heavy atom. The number of rotatable bonds is 14. The SMILES string of the molecule is O[SiH](O)OCCC[n+]1ccc(-c2ccc(-c3ccc(-c4ccc(-c5cc[n+](CCC[Si](O)(O)O)cc5)cc4)n3-c3ccccc3)cc2)cc1. The van der Waals surface area contributed by atoms with Crippen LogP contribution in [-0.2, 0) is 17.5 Å². The molecule has 250 valence electrons. The molecule has 0 bridgehead atoms. The molecule has 5 N–H and O–H groups in total. The molecule has 0 aliphatic carbocycles. The summed E-state index contributed by atoms with van der Waals surface area (Å²) >= 11 is 0. The first-order valence-corrected chi connectivity index (χ1v) is 19.9. The smallest absolute Gasteiger partial charge is 0.392 e. The van der Waals surface area contributed by atoms with Gasteiger partial charge in [-0.15, -0.1) is 0 Å². The number of pyridine rings is 2. The summed E-state index contributed by atoms with van der Waals surface area (Å²) in [7, 11) is -6.96. The van der Waals surface area contributed by atoms with Crippen LogP contribution in [0.25, 0.3) is 50.5 Å². The number of hydrogen-bond donors (Lipinski definition) is 5. The highest BCUT2D eigenvalue weighted by Crippen LogP contribution is 2.34. The maximum absolute atomic E-state index is 9.25. The molecule has 0 fully saturated rings. The van der Waals surface area contributed by atoms with Gasteiger partial charge in [0.1, 0.15) is 6.54 Å². The van der Waals surface area contributed by atoms with E-state index < -0.39 is 18.3 Å². The molecule has 0 amide bonds. The molecule has 3 heterocycles. The molecule has 0 aliphatic heterocycles. The molecule has 6 aromatic rings. The minimum absolute atomic E-state index is 0.0229. The number of hydrogen-bond acceptors (Lipinski definition) is 6. The van der Waals surface area contributed by atoms with Gasteiger partial charge < -0.3 is 33.0 Å². The van der Waals surface area contributed by atoms with Crippen molar-refractivity contribution in [3.8, 4) is 50.5 Å². The zero-order chi connectivity index (χ0) is 34.2. The van der Waals surface area contributed by atoms with Crippen molar-refractivity contribution in [2.75, 3.05) is 6.61 Å². The van der Waals surface area contributed by atoms with Gasteiger partial charge in [0.05, 0.1) is 11.4 Å². The second kappa shape index (κ2) is 15.8. The Labute approximate surface area is 288 Å². The first-order chi connectivity index (χ1) is 23.7. The van der Waals surface area contributed by atoms with E-state index >= 15 is 0 Å². The third-order valence-electron chi connectivity index (χ3n) is 8.46. The van der Waals surface area contributed by atoms with Gasteiger partial charge in [-0.1, -0.05) is 66.7 Å². The summed E-state index contributed by atoms with van der Waals surface area (Å²) in [6.45, 7) is 1.67. The fraction of sp³-hybridized carbons (Fsp3) is 0.158. The van der Waals surface area contributed by atoms with Gasteiger partial charge >= 0.3 is 18.3 Å². The molecule has 3 aromatic carbocycles. The summed E-state index contributed by atoms with van der Waals surface area (Å²) in [5.74, 6) is 0. The van der Waals surface area contributed by atoms with Crippen LogP contribution in [0.2, 0.25) is 6.04 Å². The average Bonchev–Trinajstić information content (AvgIpc) is 3.56. The molecule has 0 radical (unpaired) electrons. The summed E-state index contributed by atoms with van der Waals surface area (Å²) in [5.41, 5.74) is 9.90. The molecule has 6 rings (SSSR count). The lowest BCUT2D eigenvalue weighted by atomic mass is 10.0. The molecule has 0 saturated carbocycles. The van der Waals surface area contributed by atoms with E-state index in [4.69, 9.17) is 14.0 Å². The lowest BCUT2D eigenvalue weighted by Gasteiger charge is -2.15. The van der Waals surface area contributed by atoms with Gasteiger partial charge in [0.15, 0.2) is 31.3 Å². The lowest BCUT2D eigenvalue weighted by molar-refractivity contribution is -0.697. The van der Waals surface area contributed by atoms with Gasteiger partial charge in [0.2, 0.25) is 0 Å². The molecule has 0 unspecified atom stereocenters. The first kappa shape index (κ1) is 34.3. The summed E-state index contributed by atoms with van der Waals surface area (Å²) in [6, 6.07) is 40.2. The van der Waals surface area contributed by atoms with Crippen molar-refractivity contribution in [1.29, 1.82) is 0 Å². The van der Waals surface area contributed by atoms with Crippen LogP contribution in [0, 0.1) is 0 Å². The van der Waals surface area contributed by atoms with Gasteiger partial charge in [-0.25, -0.2) is 9.13 Å². The van der Waals surface area contributed by atoms with Gasteiger partial charge in [-0.05, 0) is 57.6 Å². The zero-order valence-corrected chi connectivity index (χ0v) is 29.2. The van der Waals surface area contributed by atoms with Crippen molar-refractivity contribution in [3.63, 3.8) is 0 Å². The molecule has 49 heavy (non-hydrogen) atoms. The molecule has 0 saturated heterocycles. The Morgan fingerprint density at radius 1 is 0.531 bits per heavy atom. The fourth-order valence-corrected chi connectivity index (χ4v) is 6.95. The zero-order valence-electron chi connectivity index (χ0n) is 27.1. The van der Waals surface area contributed by atoms with Gasteiger partial charge in [0, 0.05) is 55.4 Å². The van der Waals surface area contributed by atoms with Crippen LogP contribution < -0.4 is 9.13 Å². The molecular weight excluding hydrogens is 651 g/mol. The Balaban J connectivity index is 1.20. The predicted octanol–water partition coefficient (Wildman–Crippen LogP) is 4.13. The summed E-state index contributed by atoms with van der Waals surface area (Å²) in [6.07, 6.45) is 9.20. The highest BCUT2D eigenvalue weighted by atomic mass is 28.4. The van der Waals surface area contributed by atoms with E-state index in [1.165, 1.54) is 0 Å². The maximum Gasteiger partial charge on any atom is 0.492 e. The number of aryl methyl sites for hydroxylation is 2. The van der Waals surface area contributed by atoms with Gasteiger partial charge in [0.25, 0.3) is 0 Å². The molecule has 11 heteroatoms. The Bertz CT molecular complexity index is 1930. The number of benzene rings is 3. The number of nitrogens with zero attached hydrogens (tertiary/aromatic N) is 3. The standard InChI is InChI=1S/C38H41N3O6Si2/c42-48(43)47-28-4-22-39-24-18-32(19-25-39)30-8-12-34(13-9-30)37-16-17-38(41(37)36-6-2-1-3-7-36)35-14-10-31(11-15-35)33-20-26-40(27-21-33)23-5-29-49(44,45)46/h1-3,6-21,24-27,42-46,48H,4-5,22-23,28-29H2/q+2. The van der Waals surface area contributed by atoms with E-state index in [2.05, 4.69) is 106 Å². The topological polar surface area (TPSA) is 123 Å². The van der Waals surface area contributed by atoms with Crippen molar-refractivity contribution in [2.45, 2.75) is 32.0 Å². The van der Waals surface area contributed by atoms with Gasteiger partial charge in [-0.2, -0.15) is 0 Å². The largest absolute Gasteiger partial charge is 0.492 e. The van der Waals surface area contributed by atoms with Crippen molar-refractivity contribution in [3.05, 3.63) is 140 Å². The van der Waals surface area contributed by atoms with Crippen LogP contribution in [-0.4, -0.2) is 53.5 Å². The highest BCUT2D eigenvalue weighted by Gasteiger charge is 2.26. The molecular formula is C38H41N3O6Si2+2. The lowest BCUT2D eigenvalue weighted by Crippen LogP contribution is -2.38. The minimum atomic E-state index is -4.00. The van der Waals surface area contributed by atoms with E-state index in [0.29, 0.717) is 26.0 Å². The average molecular weight is 692 g/mol. The molecule has 3 aromatic heterocycles. The predicted molar refractivity (Wildman–Crippen MR) is 192 cm³/mol. The molecule has 0 atom stereocenters. The Morgan fingerprint density at radius 2 is 0.959 bits per heavy atom. The number of aromatic nitrogens is 3. The van der Waals surface area contributed by atoms with Crippen LogP contribution in [0.4, 0.5) is 0 Å². The van der Waals surface area contributed by atoms with Crippen molar-refractivity contribution >= 4 is 18.3 Å². The van der Waals surface area contributed by atoms with Crippen molar-refractivity contribution in [2.24, 2.45) is 0 Å². The summed E-state index contributed by atoms with van der Waals surface area (Å²) in [4.78, 5) is 45.7. The second-order valence-corrected chi connectivity index (χ2v) is 15.0. The van der Waals surface area contributed by atoms with Crippen molar-refractivity contribution < 1.29 is 37.5 Å².